The second-order valence-electron chi connectivity index (χ2n) is 10.2. The first-order valence-electron chi connectivity index (χ1n) is 13.3. The quantitative estimate of drug-likeness (QED) is 0.537. The Morgan fingerprint density at radius 1 is 0.882 bits per heavy atom. The maximum Gasteiger partial charge on any atom is 0.243 e. The van der Waals surface area contributed by atoms with Crippen molar-refractivity contribution in [2.45, 2.75) is 68.7 Å². The smallest absolute Gasteiger partial charge is 0.243 e. The van der Waals surface area contributed by atoms with Gasteiger partial charge in [-0.2, -0.15) is 4.31 Å². The molecule has 3 aliphatic rings. The monoisotopic (exact) mass is 490 g/mol. The Labute approximate surface area is 205 Å². The zero-order valence-corrected chi connectivity index (χ0v) is 21.6. The van der Waals surface area contributed by atoms with E-state index in [0.717, 1.165) is 58.5 Å². The predicted molar refractivity (Wildman–Crippen MR) is 136 cm³/mol. The summed E-state index contributed by atoms with van der Waals surface area (Å²) in [5.74, 6) is 0.0173. The highest BCUT2D eigenvalue weighted by atomic mass is 32.2. The molecule has 190 valence electrons. The van der Waals surface area contributed by atoms with Crippen LogP contribution in [-0.2, 0) is 10.0 Å². The standard InChI is InChI=1S/C26H42N4O3S/c1-2-28-17-19-29(20-18-28)26(13-5-3-6-14-26)22-27-21-25(31)23-9-11-24(12-10-23)34(32,33)30-15-7-4-8-16-30/h9-12,27H,2-8,13-22H2,1H3. The van der Waals surface area contributed by atoms with Gasteiger partial charge in [0, 0.05) is 56.9 Å². The molecule has 0 radical (unpaired) electrons. The molecule has 1 saturated carbocycles. The fourth-order valence-corrected chi connectivity index (χ4v) is 7.45. The van der Waals surface area contributed by atoms with Gasteiger partial charge in [0.25, 0.3) is 0 Å². The Kier molecular flexibility index (Phi) is 8.80. The molecule has 34 heavy (non-hydrogen) atoms. The molecule has 0 amide bonds. The number of likely N-dealkylation sites (N-methyl/N-ethyl adjacent to an activating group) is 1. The molecule has 1 aromatic rings. The number of carbonyl (C=O) groups excluding carboxylic acids is 1. The van der Waals surface area contributed by atoms with Crippen molar-refractivity contribution in [2.75, 3.05) is 58.9 Å². The molecule has 2 saturated heterocycles. The maximum atomic E-state index is 12.9. The SMILES string of the molecule is CCN1CCN(C2(CNCC(=O)c3ccc(S(=O)(=O)N4CCCCC4)cc3)CCCCC2)CC1. The van der Waals surface area contributed by atoms with Gasteiger partial charge in [0.1, 0.15) is 0 Å². The van der Waals surface area contributed by atoms with Crippen LogP contribution in [-0.4, -0.2) is 92.7 Å². The number of piperazine rings is 1. The minimum absolute atomic E-state index is 0.0173. The van der Waals surface area contributed by atoms with Gasteiger partial charge >= 0.3 is 0 Å². The van der Waals surface area contributed by atoms with Crippen molar-refractivity contribution in [2.24, 2.45) is 0 Å². The predicted octanol–water partition coefficient (Wildman–Crippen LogP) is 2.97. The van der Waals surface area contributed by atoms with Crippen molar-refractivity contribution in [3.8, 4) is 0 Å². The Hall–Kier alpha value is -1.32. The summed E-state index contributed by atoms with van der Waals surface area (Å²) in [4.78, 5) is 18.3. The van der Waals surface area contributed by atoms with E-state index in [1.165, 1.54) is 32.1 Å². The van der Waals surface area contributed by atoms with Crippen LogP contribution in [0.2, 0.25) is 0 Å². The summed E-state index contributed by atoms with van der Waals surface area (Å²) in [5.41, 5.74) is 0.726. The Bertz CT molecular complexity index is 898. The molecule has 0 atom stereocenters. The number of benzene rings is 1. The Morgan fingerprint density at radius 2 is 1.50 bits per heavy atom. The van der Waals surface area contributed by atoms with Gasteiger partial charge in [0.15, 0.2) is 5.78 Å². The molecule has 7 nitrogen and oxygen atoms in total. The molecular formula is C26H42N4O3S. The minimum atomic E-state index is -3.47. The molecule has 0 spiro atoms. The van der Waals surface area contributed by atoms with Crippen molar-refractivity contribution in [1.82, 2.24) is 19.4 Å². The highest BCUT2D eigenvalue weighted by molar-refractivity contribution is 7.89. The third kappa shape index (κ3) is 5.90. The lowest BCUT2D eigenvalue weighted by molar-refractivity contribution is 0.00929. The first-order chi connectivity index (χ1) is 16.4. The van der Waals surface area contributed by atoms with Gasteiger partial charge < -0.3 is 10.2 Å². The van der Waals surface area contributed by atoms with Gasteiger partial charge in [-0.05, 0) is 44.4 Å². The number of ketones is 1. The van der Waals surface area contributed by atoms with Crippen molar-refractivity contribution in [3.63, 3.8) is 0 Å². The number of nitrogens with zero attached hydrogens (tertiary/aromatic N) is 3. The van der Waals surface area contributed by atoms with Crippen LogP contribution in [0.4, 0.5) is 0 Å². The second-order valence-corrected chi connectivity index (χ2v) is 12.2. The summed E-state index contributed by atoms with van der Waals surface area (Å²) in [5, 5.41) is 3.48. The number of rotatable bonds is 9. The summed E-state index contributed by atoms with van der Waals surface area (Å²) >= 11 is 0. The lowest BCUT2D eigenvalue weighted by atomic mass is 9.79. The van der Waals surface area contributed by atoms with E-state index in [9.17, 15) is 13.2 Å². The van der Waals surface area contributed by atoms with E-state index in [-0.39, 0.29) is 22.8 Å². The van der Waals surface area contributed by atoms with Gasteiger partial charge in [0.05, 0.1) is 11.4 Å². The van der Waals surface area contributed by atoms with Crippen LogP contribution in [0.25, 0.3) is 0 Å². The number of hydrogen-bond donors (Lipinski definition) is 1. The molecular weight excluding hydrogens is 448 g/mol. The van der Waals surface area contributed by atoms with Gasteiger partial charge in [-0.1, -0.05) is 44.7 Å². The lowest BCUT2D eigenvalue weighted by Gasteiger charge is -2.50. The molecule has 0 bridgehead atoms. The van der Waals surface area contributed by atoms with Gasteiger partial charge in [-0.3, -0.25) is 9.69 Å². The van der Waals surface area contributed by atoms with E-state index >= 15 is 0 Å². The molecule has 2 heterocycles. The van der Waals surface area contributed by atoms with Crippen LogP contribution >= 0.6 is 0 Å². The van der Waals surface area contributed by atoms with Crippen molar-refractivity contribution >= 4 is 15.8 Å². The zero-order valence-electron chi connectivity index (χ0n) is 20.8. The van der Waals surface area contributed by atoms with Crippen LogP contribution in [0.3, 0.4) is 0 Å². The van der Waals surface area contributed by atoms with E-state index in [4.69, 9.17) is 0 Å². The van der Waals surface area contributed by atoms with E-state index in [1.54, 1.807) is 28.6 Å². The second kappa shape index (κ2) is 11.6. The maximum absolute atomic E-state index is 12.9. The van der Waals surface area contributed by atoms with Crippen LogP contribution in [0.5, 0.6) is 0 Å². The largest absolute Gasteiger partial charge is 0.308 e. The number of piperidine rings is 1. The first kappa shape index (κ1) is 25.8. The fourth-order valence-electron chi connectivity index (χ4n) is 5.93. The third-order valence-electron chi connectivity index (χ3n) is 8.14. The molecule has 1 N–H and O–H groups in total. The number of Topliss-reactive ketones (excluding diaryl/α,β-unsaturated/α-hetero) is 1. The number of carbonyl (C=O) groups is 1. The van der Waals surface area contributed by atoms with E-state index in [2.05, 4.69) is 22.0 Å². The zero-order chi connectivity index (χ0) is 24.0. The van der Waals surface area contributed by atoms with E-state index < -0.39 is 10.0 Å². The fraction of sp³-hybridized carbons (Fsp3) is 0.731. The molecule has 8 heteroatoms. The highest BCUT2D eigenvalue weighted by Crippen LogP contribution is 2.34. The Balaban J connectivity index is 1.33. The van der Waals surface area contributed by atoms with E-state index in [1.807, 2.05) is 0 Å². The summed E-state index contributed by atoms with van der Waals surface area (Å²) in [6, 6.07) is 6.52. The normalized spacial score (nSPS) is 23.1. The molecule has 1 aliphatic carbocycles. The average molecular weight is 491 g/mol. The number of hydrogen-bond acceptors (Lipinski definition) is 6. The average Bonchev–Trinajstić information content (AvgIpc) is 2.90. The molecule has 0 unspecified atom stereocenters. The van der Waals surface area contributed by atoms with E-state index in [0.29, 0.717) is 18.7 Å². The van der Waals surface area contributed by atoms with Gasteiger partial charge in [-0.25, -0.2) is 8.42 Å². The molecule has 1 aromatic carbocycles. The minimum Gasteiger partial charge on any atom is -0.308 e. The summed E-state index contributed by atoms with van der Waals surface area (Å²) in [6.45, 7) is 10.1. The van der Waals surface area contributed by atoms with Crippen LogP contribution in [0.1, 0.15) is 68.6 Å². The lowest BCUT2D eigenvalue weighted by Crippen LogP contribution is -2.61. The highest BCUT2D eigenvalue weighted by Gasteiger charge is 2.39. The molecule has 2 aliphatic heterocycles. The first-order valence-corrected chi connectivity index (χ1v) is 14.7. The van der Waals surface area contributed by atoms with Crippen LogP contribution < -0.4 is 5.32 Å². The Morgan fingerprint density at radius 3 is 2.12 bits per heavy atom. The van der Waals surface area contributed by atoms with Gasteiger partial charge in [-0.15, -0.1) is 0 Å². The number of sulfonamides is 1. The summed E-state index contributed by atoms with van der Waals surface area (Å²) in [7, 11) is -3.47. The number of nitrogens with one attached hydrogen (secondary N) is 1. The summed E-state index contributed by atoms with van der Waals surface area (Å²) < 4.78 is 27.3. The molecule has 3 fully saturated rings. The third-order valence-corrected chi connectivity index (χ3v) is 10.1. The summed E-state index contributed by atoms with van der Waals surface area (Å²) in [6.07, 6.45) is 9.14. The van der Waals surface area contributed by atoms with Crippen molar-refractivity contribution in [1.29, 1.82) is 0 Å². The molecule has 4 rings (SSSR count). The topological polar surface area (TPSA) is 73.0 Å². The molecule has 0 aromatic heterocycles. The van der Waals surface area contributed by atoms with Crippen molar-refractivity contribution in [3.05, 3.63) is 29.8 Å². The van der Waals surface area contributed by atoms with Crippen LogP contribution in [0, 0.1) is 0 Å². The van der Waals surface area contributed by atoms with Crippen molar-refractivity contribution < 1.29 is 13.2 Å². The van der Waals surface area contributed by atoms with Crippen LogP contribution in [0.15, 0.2) is 29.2 Å². The van der Waals surface area contributed by atoms with Gasteiger partial charge in [0.2, 0.25) is 10.0 Å².